The molecule has 2 aromatic carbocycles. The Balaban J connectivity index is 1.24. The van der Waals surface area contributed by atoms with E-state index >= 15 is 0 Å². The molecule has 2 nitrogen and oxygen atoms in total. The third kappa shape index (κ3) is 3.80. The van der Waals surface area contributed by atoms with Gasteiger partial charge in [-0.1, -0.05) is 12.1 Å². The van der Waals surface area contributed by atoms with Gasteiger partial charge in [-0.2, -0.15) is 0 Å². The van der Waals surface area contributed by atoms with E-state index in [-0.39, 0.29) is 0 Å². The molecule has 0 aliphatic heterocycles. The van der Waals surface area contributed by atoms with Crippen molar-refractivity contribution in [3.05, 3.63) is 80.2 Å². The van der Waals surface area contributed by atoms with Gasteiger partial charge >= 0.3 is 0 Å². The third-order valence-electron chi connectivity index (χ3n) is 8.74. The standard InChI is InChI=1S/C30H33IN2/c1-19-10-28(8-9-29(19)31)33-20(2)11-25(21(33)3)18-32-27-6-4-26(5-7-27)30-15-22-12-23(16-30)14-24(13-22)17-30/h4-11,18,22-24H,12-17H2,1-3H3. The molecule has 0 unspecified atom stereocenters. The van der Waals surface area contributed by atoms with Crippen molar-refractivity contribution in [3.63, 3.8) is 0 Å². The Hall–Kier alpha value is -1.88. The molecule has 0 spiro atoms. The zero-order chi connectivity index (χ0) is 22.7. The molecule has 0 atom stereocenters. The fraction of sp³-hybridized carbons (Fsp3) is 0.433. The summed E-state index contributed by atoms with van der Waals surface area (Å²) in [5, 5.41) is 0. The number of aryl methyl sites for hydroxylation is 2. The van der Waals surface area contributed by atoms with Crippen LogP contribution in [0, 0.1) is 42.1 Å². The van der Waals surface area contributed by atoms with Crippen molar-refractivity contribution in [2.75, 3.05) is 0 Å². The van der Waals surface area contributed by atoms with Crippen LogP contribution in [0.4, 0.5) is 5.69 Å². The average molecular weight is 549 g/mol. The Morgan fingerprint density at radius 1 is 0.879 bits per heavy atom. The normalized spacial score (nSPS) is 28.2. The second-order valence-electron chi connectivity index (χ2n) is 11.1. The number of hydrogen-bond donors (Lipinski definition) is 0. The summed E-state index contributed by atoms with van der Waals surface area (Å²) in [5.74, 6) is 2.96. The van der Waals surface area contributed by atoms with Crippen molar-refractivity contribution >= 4 is 34.5 Å². The highest BCUT2D eigenvalue weighted by Crippen LogP contribution is 2.60. The maximum absolute atomic E-state index is 4.87. The topological polar surface area (TPSA) is 17.3 Å². The molecule has 3 heteroatoms. The molecule has 4 fully saturated rings. The Kier molecular flexibility index (Phi) is 5.32. The zero-order valence-electron chi connectivity index (χ0n) is 19.9. The van der Waals surface area contributed by atoms with Crippen molar-refractivity contribution in [2.24, 2.45) is 22.7 Å². The molecule has 4 aliphatic carbocycles. The van der Waals surface area contributed by atoms with E-state index in [2.05, 4.69) is 96.5 Å². The largest absolute Gasteiger partial charge is 0.318 e. The summed E-state index contributed by atoms with van der Waals surface area (Å²) in [6.07, 6.45) is 10.8. The van der Waals surface area contributed by atoms with Gasteiger partial charge in [-0.3, -0.25) is 4.99 Å². The minimum absolute atomic E-state index is 0.466. The molecule has 0 N–H and O–H groups in total. The van der Waals surface area contributed by atoms with Gasteiger partial charge < -0.3 is 4.57 Å². The van der Waals surface area contributed by atoms with Crippen molar-refractivity contribution in [2.45, 2.75) is 64.7 Å². The van der Waals surface area contributed by atoms with E-state index in [9.17, 15) is 0 Å². The number of aromatic nitrogens is 1. The maximum Gasteiger partial charge on any atom is 0.0630 e. The minimum atomic E-state index is 0.466. The van der Waals surface area contributed by atoms with E-state index in [0.29, 0.717) is 5.41 Å². The number of benzene rings is 2. The zero-order valence-corrected chi connectivity index (χ0v) is 22.1. The molecular formula is C30H33IN2. The van der Waals surface area contributed by atoms with E-state index < -0.39 is 0 Å². The van der Waals surface area contributed by atoms with Gasteiger partial charge in [0, 0.05) is 32.4 Å². The molecule has 4 saturated carbocycles. The van der Waals surface area contributed by atoms with E-state index in [1.165, 1.54) is 70.3 Å². The Labute approximate surface area is 211 Å². The molecular weight excluding hydrogens is 515 g/mol. The predicted octanol–water partition coefficient (Wildman–Crippen LogP) is 8.23. The number of halogens is 1. The molecule has 0 saturated heterocycles. The van der Waals surface area contributed by atoms with Gasteiger partial charge in [0.05, 0.1) is 5.69 Å². The molecule has 0 radical (unpaired) electrons. The quantitative estimate of drug-likeness (QED) is 0.231. The van der Waals surface area contributed by atoms with Gasteiger partial charge in [0.25, 0.3) is 0 Å². The van der Waals surface area contributed by atoms with Crippen LogP contribution in [0.1, 0.15) is 66.6 Å². The first-order valence-electron chi connectivity index (χ1n) is 12.5. The van der Waals surface area contributed by atoms with Crippen LogP contribution < -0.4 is 0 Å². The first-order chi connectivity index (χ1) is 15.9. The van der Waals surface area contributed by atoms with Gasteiger partial charge in [0.15, 0.2) is 0 Å². The lowest BCUT2D eigenvalue weighted by atomic mass is 9.48. The van der Waals surface area contributed by atoms with Crippen LogP contribution in [-0.2, 0) is 5.41 Å². The summed E-state index contributed by atoms with van der Waals surface area (Å²) < 4.78 is 3.64. The first kappa shape index (κ1) is 21.6. The monoisotopic (exact) mass is 548 g/mol. The van der Waals surface area contributed by atoms with E-state index in [1.807, 2.05) is 6.21 Å². The summed E-state index contributed by atoms with van der Waals surface area (Å²) in [7, 11) is 0. The maximum atomic E-state index is 4.87. The third-order valence-corrected chi connectivity index (χ3v) is 9.95. The lowest BCUT2D eigenvalue weighted by Gasteiger charge is -2.57. The van der Waals surface area contributed by atoms with E-state index in [4.69, 9.17) is 4.99 Å². The summed E-state index contributed by atoms with van der Waals surface area (Å²) in [6.45, 7) is 6.55. The number of aliphatic imine (C=N–C) groups is 1. The molecule has 4 bridgehead atoms. The van der Waals surface area contributed by atoms with Crippen LogP contribution in [0.25, 0.3) is 5.69 Å². The first-order valence-corrected chi connectivity index (χ1v) is 13.6. The highest BCUT2D eigenvalue weighted by molar-refractivity contribution is 14.1. The molecule has 1 aromatic heterocycles. The summed E-state index contributed by atoms with van der Waals surface area (Å²) in [6, 6.07) is 18.2. The molecule has 0 amide bonds. The molecule has 3 aromatic rings. The minimum Gasteiger partial charge on any atom is -0.318 e. The molecule has 7 rings (SSSR count). The Morgan fingerprint density at radius 3 is 2.12 bits per heavy atom. The van der Waals surface area contributed by atoms with Gasteiger partial charge in [-0.05, 0) is 153 Å². The molecule has 1 heterocycles. The van der Waals surface area contributed by atoms with Crippen molar-refractivity contribution < 1.29 is 0 Å². The van der Waals surface area contributed by atoms with Gasteiger partial charge in [0.1, 0.15) is 0 Å². The van der Waals surface area contributed by atoms with Crippen molar-refractivity contribution in [1.82, 2.24) is 4.57 Å². The summed E-state index contributed by atoms with van der Waals surface area (Å²) >= 11 is 2.40. The second-order valence-corrected chi connectivity index (χ2v) is 12.3. The predicted molar refractivity (Wildman–Crippen MR) is 146 cm³/mol. The number of nitrogens with zero attached hydrogens (tertiary/aromatic N) is 2. The average Bonchev–Trinajstić information content (AvgIpc) is 3.07. The smallest absolute Gasteiger partial charge is 0.0630 e. The lowest BCUT2D eigenvalue weighted by molar-refractivity contribution is -0.00518. The van der Waals surface area contributed by atoms with Gasteiger partial charge in [-0.25, -0.2) is 0 Å². The molecule has 4 aliphatic rings. The highest BCUT2D eigenvalue weighted by atomic mass is 127. The van der Waals surface area contributed by atoms with Crippen LogP contribution >= 0.6 is 22.6 Å². The number of rotatable bonds is 4. The van der Waals surface area contributed by atoms with E-state index in [0.717, 1.165) is 23.4 Å². The lowest BCUT2D eigenvalue weighted by Crippen LogP contribution is -2.48. The fourth-order valence-electron chi connectivity index (χ4n) is 7.59. The van der Waals surface area contributed by atoms with Crippen LogP contribution in [0.5, 0.6) is 0 Å². The van der Waals surface area contributed by atoms with Crippen LogP contribution in [0.3, 0.4) is 0 Å². The molecule has 170 valence electrons. The second kappa shape index (κ2) is 8.11. The van der Waals surface area contributed by atoms with Crippen LogP contribution in [0.2, 0.25) is 0 Å². The Morgan fingerprint density at radius 2 is 1.52 bits per heavy atom. The summed E-state index contributed by atoms with van der Waals surface area (Å²) in [4.78, 5) is 4.87. The molecule has 33 heavy (non-hydrogen) atoms. The van der Waals surface area contributed by atoms with Crippen LogP contribution in [0.15, 0.2) is 53.5 Å². The highest BCUT2D eigenvalue weighted by Gasteiger charge is 2.51. The van der Waals surface area contributed by atoms with E-state index in [1.54, 1.807) is 5.56 Å². The fourth-order valence-corrected chi connectivity index (χ4v) is 7.93. The van der Waals surface area contributed by atoms with Crippen LogP contribution in [-0.4, -0.2) is 10.8 Å². The SMILES string of the molecule is Cc1cc(-n2c(C)cc(C=Nc3ccc(C45CC6CC(CC(C6)C4)C5)cc3)c2C)ccc1I. The summed E-state index contributed by atoms with van der Waals surface area (Å²) in [5.41, 5.74) is 9.30. The Bertz CT molecular complexity index is 1200. The van der Waals surface area contributed by atoms with Crippen molar-refractivity contribution in [1.29, 1.82) is 0 Å². The van der Waals surface area contributed by atoms with Crippen molar-refractivity contribution in [3.8, 4) is 5.69 Å². The van der Waals surface area contributed by atoms with Gasteiger partial charge in [0.2, 0.25) is 0 Å². The number of hydrogen-bond acceptors (Lipinski definition) is 1. The van der Waals surface area contributed by atoms with Gasteiger partial charge in [-0.15, -0.1) is 0 Å².